The summed E-state index contributed by atoms with van der Waals surface area (Å²) in [6.45, 7) is 2.70. The molecule has 1 aliphatic rings. The van der Waals surface area contributed by atoms with Crippen LogP contribution < -0.4 is 0 Å². The van der Waals surface area contributed by atoms with Gasteiger partial charge in [0.2, 0.25) is 0 Å². The summed E-state index contributed by atoms with van der Waals surface area (Å²) < 4.78 is 2.01. The zero-order chi connectivity index (χ0) is 21.2. The van der Waals surface area contributed by atoms with Crippen LogP contribution in [-0.4, -0.2) is 21.4 Å². The lowest BCUT2D eigenvalue weighted by Crippen LogP contribution is -2.40. The van der Waals surface area contributed by atoms with Crippen LogP contribution in [0.1, 0.15) is 32.6 Å². The Balaban J connectivity index is 1.52. The van der Waals surface area contributed by atoms with Gasteiger partial charge >= 0.3 is 0 Å². The Hall–Kier alpha value is -3.59. The molecule has 0 spiro atoms. The molecule has 31 heavy (non-hydrogen) atoms. The Labute approximate surface area is 183 Å². The second-order valence-corrected chi connectivity index (χ2v) is 8.36. The van der Waals surface area contributed by atoms with E-state index in [1.54, 1.807) is 0 Å². The quantitative estimate of drug-likeness (QED) is 0.424. The minimum atomic E-state index is 0.0858. The third-order valence-corrected chi connectivity index (χ3v) is 6.22. The zero-order valence-electron chi connectivity index (χ0n) is 17.7. The van der Waals surface area contributed by atoms with E-state index in [-0.39, 0.29) is 11.9 Å². The van der Waals surface area contributed by atoms with Gasteiger partial charge in [-0.3, -0.25) is 4.79 Å². The molecule has 0 bridgehead atoms. The molecule has 1 heterocycles. The van der Waals surface area contributed by atoms with Gasteiger partial charge in [-0.05, 0) is 60.7 Å². The molecule has 0 fully saturated rings. The van der Waals surface area contributed by atoms with E-state index in [0.717, 1.165) is 29.7 Å². The van der Waals surface area contributed by atoms with Gasteiger partial charge in [-0.1, -0.05) is 66.2 Å². The standard InChI is InChI=1S/C28H26N2O/c1-21-12-14-22(15-13-21)20-30(25-18-23-8-2-3-9-24(23)19-25)28(31)26-10-4-5-11-27(26)29-16-6-7-17-29/h2-17,25H,18-20H2,1H3. The second kappa shape index (κ2) is 8.27. The third-order valence-electron chi connectivity index (χ3n) is 6.22. The highest BCUT2D eigenvalue weighted by Crippen LogP contribution is 2.29. The number of para-hydroxylation sites is 1. The first-order chi connectivity index (χ1) is 15.2. The van der Waals surface area contributed by atoms with E-state index in [9.17, 15) is 4.79 Å². The van der Waals surface area contributed by atoms with E-state index in [1.165, 1.54) is 16.7 Å². The Morgan fingerprint density at radius 1 is 0.839 bits per heavy atom. The third kappa shape index (κ3) is 3.91. The van der Waals surface area contributed by atoms with Crippen LogP contribution >= 0.6 is 0 Å². The first-order valence-electron chi connectivity index (χ1n) is 10.8. The summed E-state index contributed by atoms with van der Waals surface area (Å²) in [5, 5.41) is 0. The number of amides is 1. The van der Waals surface area contributed by atoms with Crippen LogP contribution in [0.15, 0.2) is 97.3 Å². The average Bonchev–Trinajstić information content (AvgIpc) is 3.48. The van der Waals surface area contributed by atoms with Crippen molar-refractivity contribution in [2.45, 2.75) is 32.4 Å². The molecule has 0 atom stereocenters. The molecular formula is C28H26N2O. The highest BCUT2D eigenvalue weighted by Gasteiger charge is 2.31. The van der Waals surface area contributed by atoms with Crippen molar-refractivity contribution in [1.82, 2.24) is 9.47 Å². The van der Waals surface area contributed by atoms with Crippen LogP contribution in [0.2, 0.25) is 0 Å². The normalized spacial score (nSPS) is 13.2. The molecule has 0 unspecified atom stereocenters. The largest absolute Gasteiger partial charge is 0.331 e. The summed E-state index contributed by atoms with van der Waals surface area (Å²) in [7, 11) is 0. The number of carbonyl (C=O) groups excluding carboxylic acids is 1. The fraction of sp³-hybridized carbons (Fsp3) is 0.179. The molecule has 0 N–H and O–H groups in total. The van der Waals surface area contributed by atoms with E-state index in [2.05, 4.69) is 60.4 Å². The average molecular weight is 407 g/mol. The van der Waals surface area contributed by atoms with Gasteiger partial charge in [0, 0.05) is 25.0 Å². The van der Waals surface area contributed by atoms with E-state index in [1.807, 2.05) is 53.4 Å². The lowest BCUT2D eigenvalue weighted by Gasteiger charge is -2.30. The van der Waals surface area contributed by atoms with Crippen molar-refractivity contribution in [3.05, 3.63) is 125 Å². The van der Waals surface area contributed by atoms with E-state index in [0.29, 0.717) is 6.54 Å². The molecule has 5 rings (SSSR count). The summed E-state index contributed by atoms with van der Waals surface area (Å²) in [4.78, 5) is 16.1. The molecule has 0 saturated carbocycles. The molecule has 0 radical (unpaired) electrons. The Kier molecular flexibility index (Phi) is 5.17. The number of nitrogens with zero attached hydrogens (tertiary/aromatic N) is 2. The lowest BCUT2D eigenvalue weighted by atomic mass is 10.1. The summed E-state index contributed by atoms with van der Waals surface area (Å²) in [5.74, 6) is 0.0858. The van der Waals surface area contributed by atoms with Crippen molar-refractivity contribution >= 4 is 5.91 Å². The fourth-order valence-corrected chi connectivity index (χ4v) is 4.54. The summed E-state index contributed by atoms with van der Waals surface area (Å²) in [5.41, 5.74) is 6.76. The molecule has 0 aliphatic heterocycles. The van der Waals surface area contributed by atoms with Gasteiger partial charge in [0.15, 0.2) is 0 Å². The SMILES string of the molecule is Cc1ccc(CN(C(=O)c2ccccc2-n2cccc2)C2Cc3ccccc3C2)cc1. The highest BCUT2D eigenvalue weighted by atomic mass is 16.2. The van der Waals surface area contributed by atoms with E-state index in [4.69, 9.17) is 0 Å². The molecular weight excluding hydrogens is 380 g/mol. The monoisotopic (exact) mass is 406 g/mol. The molecule has 1 aromatic heterocycles. The smallest absolute Gasteiger partial charge is 0.256 e. The summed E-state index contributed by atoms with van der Waals surface area (Å²) in [6, 6.07) is 29.1. The number of rotatable bonds is 5. The van der Waals surface area contributed by atoms with Crippen LogP contribution in [0, 0.1) is 6.92 Å². The topological polar surface area (TPSA) is 25.2 Å². The van der Waals surface area contributed by atoms with Crippen molar-refractivity contribution < 1.29 is 4.79 Å². The van der Waals surface area contributed by atoms with Gasteiger partial charge in [0.05, 0.1) is 11.3 Å². The van der Waals surface area contributed by atoms with Crippen LogP contribution in [0.3, 0.4) is 0 Å². The maximum absolute atomic E-state index is 14.0. The first kappa shape index (κ1) is 19.4. The molecule has 1 amide bonds. The predicted molar refractivity (Wildman–Crippen MR) is 124 cm³/mol. The van der Waals surface area contributed by atoms with Crippen LogP contribution in [0.4, 0.5) is 0 Å². The molecule has 1 aliphatic carbocycles. The molecule has 0 saturated heterocycles. The van der Waals surface area contributed by atoms with Crippen molar-refractivity contribution in [2.24, 2.45) is 0 Å². The van der Waals surface area contributed by atoms with Crippen molar-refractivity contribution in [3.8, 4) is 5.69 Å². The fourth-order valence-electron chi connectivity index (χ4n) is 4.54. The number of hydrogen-bond donors (Lipinski definition) is 0. The number of carbonyl (C=O) groups is 1. The van der Waals surface area contributed by atoms with Gasteiger partial charge in [-0.15, -0.1) is 0 Å². The number of benzene rings is 3. The lowest BCUT2D eigenvalue weighted by molar-refractivity contribution is 0.0668. The maximum atomic E-state index is 14.0. The van der Waals surface area contributed by atoms with Crippen molar-refractivity contribution in [2.75, 3.05) is 0 Å². The van der Waals surface area contributed by atoms with Crippen LogP contribution in [0.5, 0.6) is 0 Å². The minimum Gasteiger partial charge on any atom is -0.331 e. The number of hydrogen-bond acceptors (Lipinski definition) is 1. The van der Waals surface area contributed by atoms with Crippen molar-refractivity contribution in [1.29, 1.82) is 0 Å². The molecule has 4 aromatic rings. The molecule has 3 aromatic carbocycles. The Morgan fingerprint density at radius 2 is 1.45 bits per heavy atom. The second-order valence-electron chi connectivity index (χ2n) is 8.36. The summed E-state index contributed by atoms with van der Waals surface area (Å²) >= 11 is 0. The Morgan fingerprint density at radius 3 is 2.13 bits per heavy atom. The van der Waals surface area contributed by atoms with Crippen LogP contribution in [0.25, 0.3) is 5.69 Å². The van der Waals surface area contributed by atoms with Gasteiger partial charge in [0.25, 0.3) is 5.91 Å². The van der Waals surface area contributed by atoms with Gasteiger partial charge in [-0.2, -0.15) is 0 Å². The summed E-state index contributed by atoms with van der Waals surface area (Å²) in [6.07, 6.45) is 5.78. The van der Waals surface area contributed by atoms with Gasteiger partial charge in [-0.25, -0.2) is 0 Å². The molecule has 154 valence electrons. The predicted octanol–water partition coefficient (Wildman–Crippen LogP) is 5.60. The maximum Gasteiger partial charge on any atom is 0.256 e. The van der Waals surface area contributed by atoms with Crippen LogP contribution in [-0.2, 0) is 19.4 Å². The zero-order valence-corrected chi connectivity index (χ0v) is 17.7. The highest BCUT2D eigenvalue weighted by molar-refractivity contribution is 5.98. The first-order valence-corrected chi connectivity index (χ1v) is 10.8. The minimum absolute atomic E-state index is 0.0858. The molecule has 3 nitrogen and oxygen atoms in total. The Bertz CT molecular complexity index is 1170. The van der Waals surface area contributed by atoms with Gasteiger partial charge < -0.3 is 9.47 Å². The number of fused-ring (bicyclic) bond motifs is 1. The van der Waals surface area contributed by atoms with Gasteiger partial charge in [0.1, 0.15) is 0 Å². The number of aryl methyl sites for hydroxylation is 1. The van der Waals surface area contributed by atoms with Crippen molar-refractivity contribution in [3.63, 3.8) is 0 Å². The van der Waals surface area contributed by atoms with E-state index < -0.39 is 0 Å². The molecule has 3 heteroatoms. The number of aromatic nitrogens is 1. The van der Waals surface area contributed by atoms with E-state index >= 15 is 0 Å².